The molecule has 1 atom stereocenters. The van der Waals surface area contributed by atoms with E-state index in [2.05, 4.69) is 46.6 Å². The van der Waals surface area contributed by atoms with Gasteiger partial charge in [0.1, 0.15) is 5.01 Å². The van der Waals surface area contributed by atoms with Crippen LogP contribution >= 0.6 is 11.3 Å². The fourth-order valence-corrected chi connectivity index (χ4v) is 2.62. The number of pyridine rings is 1. The van der Waals surface area contributed by atoms with Crippen molar-refractivity contribution in [2.24, 2.45) is 0 Å². The smallest absolute Gasteiger partial charge is 0.142 e. The molecule has 0 fully saturated rings. The Kier molecular flexibility index (Phi) is 5.64. The highest BCUT2D eigenvalue weighted by molar-refractivity contribution is 7.13. The number of aromatic nitrogens is 2. The zero-order chi connectivity index (χ0) is 14.4. The molecular formula is C15H22N4S. The van der Waals surface area contributed by atoms with Gasteiger partial charge in [-0.15, -0.1) is 11.3 Å². The molecule has 2 aromatic rings. The van der Waals surface area contributed by atoms with Crippen LogP contribution in [0, 0.1) is 0 Å². The minimum atomic E-state index is 0.498. The molecule has 108 valence electrons. The first kappa shape index (κ1) is 15.1. The van der Waals surface area contributed by atoms with Gasteiger partial charge in [0.05, 0.1) is 11.4 Å². The van der Waals surface area contributed by atoms with Gasteiger partial charge in [0.2, 0.25) is 0 Å². The van der Waals surface area contributed by atoms with Crippen LogP contribution in [0.2, 0.25) is 0 Å². The van der Waals surface area contributed by atoms with Crippen molar-refractivity contribution in [3.8, 4) is 10.7 Å². The van der Waals surface area contributed by atoms with Crippen molar-refractivity contribution in [3.63, 3.8) is 0 Å². The molecule has 0 radical (unpaired) electrons. The Bertz CT molecular complexity index is 510. The van der Waals surface area contributed by atoms with Crippen molar-refractivity contribution >= 4 is 11.3 Å². The molecule has 0 saturated heterocycles. The molecule has 0 amide bonds. The summed E-state index contributed by atoms with van der Waals surface area (Å²) in [6, 6.07) is 6.41. The Balaban J connectivity index is 1.84. The molecule has 0 aliphatic rings. The van der Waals surface area contributed by atoms with Crippen LogP contribution < -0.4 is 5.32 Å². The van der Waals surface area contributed by atoms with E-state index in [1.807, 2.05) is 18.2 Å². The molecule has 0 aliphatic carbocycles. The Labute approximate surface area is 124 Å². The minimum absolute atomic E-state index is 0.498. The molecule has 0 aromatic carbocycles. The topological polar surface area (TPSA) is 41.0 Å². The summed E-state index contributed by atoms with van der Waals surface area (Å²) in [7, 11) is 4.21. The lowest BCUT2D eigenvalue weighted by Crippen LogP contribution is -2.29. The molecular weight excluding hydrogens is 268 g/mol. The highest BCUT2D eigenvalue weighted by Crippen LogP contribution is 2.21. The predicted octanol–water partition coefficient (Wildman–Crippen LogP) is 2.63. The summed E-state index contributed by atoms with van der Waals surface area (Å²) in [5.41, 5.74) is 2.04. The number of rotatable bonds is 7. The summed E-state index contributed by atoms with van der Waals surface area (Å²) in [6.07, 6.45) is 2.95. The second-order valence-electron chi connectivity index (χ2n) is 5.23. The molecule has 1 unspecified atom stereocenters. The Morgan fingerprint density at radius 1 is 1.35 bits per heavy atom. The first-order valence-corrected chi connectivity index (χ1v) is 7.77. The first-order valence-electron chi connectivity index (χ1n) is 6.89. The number of nitrogens with zero attached hydrogens (tertiary/aromatic N) is 3. The molecule has 0 aliphatic heterocycles. The molecule has 0 bridgehead atoms. The van der Waals surface area contributed by atoms with Crippen molar-refractivity contribution in [3.05, 3.63) is 35.5 Å². The largest absolute Gasteiger partial charge is 0.309 e. The van der Waals surface area contributed by atoms with Gasteiger partial charge in [0.15, 0.2) is 0 Å². The van der Waals surface area contributed by atoms with Crippen LogP contribution in [0.15, 0.2) is 29.8 Å². The van der Waals surface area contributed by atoms with Crippen LogP contribution in [0.4, 0.5) is 0 Å². The zero-order valence-corrected chi connectivity index (χ0v) is 13.2. The lowest BCUT2D eigenvalue weighted by atomic mass is 10.2. The maximum Gasteiger partial charge on any atom is 0.142 e. The fourth-order valence-electron chi connectivity index (χ4n) is 1.83. The van der Waals surface area contributed by atoms with Crippen LogP contribution in [0.25, 0.3) is 10.7 Å². The van der Waals surface area contributed by atoms with E-state index in [1.165, 1.54) is 0 Å². The number of nitrogens with one attached hydrogen (secondary N) is 1. The summed E-state index contributed by atoms with van der Waals surface area (Å²) in [4.78, 5) is 11.2. The van der Waals surface area contributed by atoms with Crippen LogP contribution in [0.3, 0.4) is 0 Å². The maximum absolute atomic E-state index is 4.63. The van der Waals surface area contributed by atoms with Crippen molar-refractivity contribution in [1.82, 2.24) is 20.2 Å². The van der Waals surface area contributed by atoms with E-state index in [4.69, 9.17) is 0 Å². The van der Waals surface area contributed by atoms with E-state index in [9.17, 15) is 0 Å². The number of thiazole rings is 1. The van der Waals surface area contributed by atoms with E-state index in [0.29, 0.717) is 6.04 Å². The summed E-state index contributed by atoms with van der Waals surface area (Å²) in [5.74, 6) is 0. The molecule has 2 heterocycles. The standard InChI is InChI=1S/C15H22N4S/c1-12(7-9-19(2)3)17-10-13-11-20-15(18-13)14-6-4-5-8-16-14/h4-6,8,11-12,17H,7,9-10H2,1-3H3. The summed E-state index contributed by atoms with van der Waals surface area (Å²) in [5, 5.41) is 6.61. The van der Waals surface area contributed by atoms with Gasteiger partial charge in [0, 0.05) is 24.2 Å². The Hall–Kier alpha value is -1.30. The van der Waals surface area contributed by atoms with Crippen molar-refractivity contribution in [2.75, 3.05) is 20.6 Å². The molecule has 4 nitrogen and oxygen atoms in total. The predicted molar refractivity (Wildman–Crippen MR) is 84.8 cm³/mol. The van der Waals surface area contributed by atoms with Crippen LogP contribution in [-0.2, 0) is 6.54 Å². The van der Waals surface area contributed by atoms with Crippen molar-refractivity contribution < 1.29 is 0 Å². The lowest BCUT2D eigenvalue weighted by Gasteiger charge is -2.15. The molecule has 20 heavy (non-hydrogen) atoms. The minimum Gasteiger partial charge on any atom is -0.309 e. The van der Waals surface area contributed by atoms with Gasteiger partial charge >= 0.3 is 0 Å². The molecule has 2 aromatic heterocycles. The molecule has 2 rings (SSSR count). The van der Waals surface area contributed by atoms with Gasteiger partial charge < -0.3 is 10.2 Å². The lowest BCUT2D eigenvalue weighted by molar-refractivity contribution is 0.365. The third kappa shape index (κ3) is 4.67. The fraction of sp³-hybridized carbons (Fsp3) is 0.467. The van der Waals surface area contributed by atoms with Gasteiger partial charge in [-0.3, -0.25) is 4.98 Å². The molecule has 0 saturated carbocycles. The van der Waals surface area contributed by atoms with Crippen molar-refractivity contribution in [2.45, 2.75) is 25.9 Å². The third-order valence-corrected chi connectivity index (χ3v) is 3.99. The van der Waals surface area contributed by atoms with E-state index in [-0.39, 0.29) is 0 Å². The average molecular weight is 290 g/mol. The Morgan fingerprint density at radius 2 is 2.20 bits per heavy atom. The second-order valence-corrected chi connectivity index (χ2v) is 6.09. The number of hydrogen-bond donors (Lipinski definition) is 1. The van der Waals surface area contributed by atoms with Crippen molar-refractivity contribution in [1.29, 1.82) is 0 Å². The normalized spacial score (nSPS) is 12.8. The van der Waals surface area contributed by atoms with Crippen LogP contribution in [-0.4, -0.2) is 41.5 Å². The third-order valence-electron chi connectivity index (χ3n) is 3.08. The van der Waals surface area contributed by atoms with Gasteiger partial charge in [-0.05, 0) is 46.1 Å². The van der Waals surface area contributed by atoms with E-state index in [1.54, 1.807) is 17.5 Å². The summed E-state index contributed by atoms with van der Waals surface area (Å²) >= 11 is 1.65. The van der Waals surface area contributed by atoms with E-state index < -0.39 is 0 Å². The summed E-state index contributed by atoms with van der Waals surface area (Å²) in [6.45, 7) is 4.14. The first-order chi connectivity index (χ1) is 9.65. The summed E-state index contributed by atoms with van der Waals surface area (Å²) < 4.78 is 0. The quantitative estimate of drug-likeness (QED) is 0.851. The highest BCUT2D eigenvalue weighted by atomic mass is 32.1. The highest BCUT2D eigenvalue weighted by Gasteiger charge is 2.07. The van der Waals surface area contributed by atoms with E-state index in [0.717, 1.165) is 35.9 Å². The molecule has 1 N–H and O–H groups in total. The van der Waals surface area contributed by atoms with Gasteiger partial charge in [-0.1, -0.05) is 6.07 Å². The average Bonchev–Trinajstić information content (AvgIpc) is 2.93. The SMILES string of the molecule is CC(CCN(C)C)NCc1csc(-c2ccccn2)n1. The zero-order valence-electron chi connectivity index (χ0n) is 12.3. The maximum atomic E-state index is 4.63. The second kappa shape index (κ2) is 7.47. The molecule has 0 spiro atoms. The van der Waals surface area contributed by atoms with E-state index >= 15 is 0 Å². The van der Waals surface area contributed by atoms with Crippen LogP contribution in [0.5, 0.6) is 0 Å². The monoisotopic (exact) mass is 290 g/mol. The van der Waals surface area contributed by atoms with Gasteiger partial charge in [-0.2, -0.15) is 0 Å². The molecule has 5 heteroatoms. The van der Waals surface area contributed by atoms with Crippen LogP contribution in [0.1, 0.15) is 19.0 Å². The number of hydrogen-bond acceptors (Lipinski definition) is 5. The van der Waals surface area contributed by atoms with Gasteiger partial charge in [-0.25, -0.2) is 4.98 Å². The van der Waals surface area contributed by atoms with Gasteiger partial charge in [0.25, 0.3) is 0 Å². The Morgan fingerprint density at radius 3 is 2.90 bits per heavy atom.